The van der Waals surface area contributed by atoms with Crippen molar-refractivity contribution in [2.75, 3.05) is 6.54 Å². The average Bonchev–Trinajstić information content (AvgIpc) is 3.20. The van der Waals surface area contributed by atoms with Crippen LogP contribution in [-0.4, -0.2) is 26.2 Å². The minimum atomic E-state index is -0.527. The van der Waals surface area contributed by atoms with Crippen LogP contribution in [-0.2, 0) is 6.61 Å². The van der Waals surface area contributed by atoms with Gasteiger partial charge >= 0.3 is 0 Å². The fourth-order valence-electron chi connectivity index (χ4n) is 3.66. The highest BCUT2D eigenvalue weighted by atomic mass is 35.5. The summed E-state index contributed by atoms with van der Waals surface area (Å²) in [5.41, 5.74) is 4.94. The molecule has 4 aromatic rings. The number of para-hydroxylation sites is 1. The molecule has 0 aliphatic carbocycles. The molecule has 1 atom stereocenters. The van der Waals surface area contributed by atoms with Gasteiger partial charge in [0, 0.05) is 21.2 Å². The number of hydrogen-bond acceptors (Lipinski definition) is 6. The number of benzene rings is 3. The topological polar surface area (TPSA) is 83.1 Å². The Hall–Kier alpha value is -3.36. The van der Waals surface area contributed by atoms with E-state index >= 15 is 0 Å². The van der Waals surface area contributed by atoms with Gasteiger partial charge in [-0.2, -0.15) is 0 Å². The molecule has 180 valence electrons. The molecule has 0 bridgehead atoms. The zero-order valence-electron chi connectivity index (χ0n) is 19.6. The van der Waals surface area contributed by atoms with Crippen molar-refractivity contribution in [3.8, 4) is 11.4 Å². The Bertz CT molecular complexity index is 1340. The van der Waals surface area contributed by atoms with Crippen LogP contribution in [0.25, 0.3) is 5.69 Å². The quantitative estimate of drug-likeness (QED) is 0.145. The lowest BCUT2D eigenvalue weighted by molar-refractivity contribution is -0.479. The molecule has 0 aliphatic heterocycles. The third kappa shape index (κ3) is 6.01. The van der Waals surface area contributed by atoms with Crippen LogP contribution in [0.2, 0.25) is 5.02 Å². The number of aromatic nitrogens is 3. The molecule has 0 saturated heterocycles. The Morgan fingerprint density at radius 3 is 2.49 bits per heavy atom. The summed E-state index contributed by atoms with van der Waals surface area (Å²) in [4.78, 5) is 11.3. The first-order chi connectivity index (χ1) is 16.8. The summed E-state index contributed by atoms with van der Waals surface area (Å²) in [6.07, 6.45) is 0. The normalized spacial score (nSPS) is 11.9. The first-order valence-electron chi connectivity index (χ1n) is 11.1. The molecule has 0 fully saturated rings. The van der Waals surface area contributed by atoms with Gasteiger partial charge in [0.1, 0.15) is 23.4 Å². The number of nitro groups is 1. The molecule has 0 saturated carbocycles. The van der Waals surface area contributed by atoms with Gasteiger partial charge in [0.05, 0.1) is 0 Å². The van der Waals surface area contributed by atoms with Crippen molar-refractivity contribution in [2.24, 2.45) is 0 Å². The van der Waals surface area contributed by atoms with Gasteiger partial charge in [-0.3, -0.25) is 14.7 Å². The Labute approximate surface area is 213 Å². The number of ether oxygens (including phenoxy) is 1. The molecular weight excluding hydrogens is 484 g/mol. The minimum absolute atomic E-state index is 0.287. The van der Waals surface area contributed by atoms with Crippen LogP contribution in [0.15, 0.2) is 71.9 Å². The van der Waals surface area contributed by atoms with Gasteiger partial charge in [-0.1, -0.05) is 59.8 Å². The predicted molar refractivity (Wildman–Crippen MR) is 138 cm³/mol. The molecule has 0 N–H and O–H groups in total. The number of nitrogens with zero attached hydrogens (tertiary/aromatic N) is 4. The molecule has 0 amide bonds. The number of thioether (sulfide) groups is 1. The van der Waals surface area contributed by atoms with Gasteiger partial charge in [0.2, 0.25) is 6.54 Å². The highest BCUT2D eigenvalue weighted by Gasteiger charge is 2.26. The Balaban J connectivity index is 1.65. The maximum Gasteiger partial charge on any atom is 0.220 e. The SMILES string of the molecule is Cc1ccc(-n2c(C)nnc2S[C@@H](C[N+](=O)[O-])c2ccccc2OCc2ccc(Cl)cc2)cc1C. The summed E-state index contributed by atoms with van der Waals surface area (Å²) in [5.74, 6) is 1.30. The standard InChI is InChI=1S/C26H25ClN4O3S/c1-17-8-13-22(14-18(17)2)31-19(3)28-29-26(31)35-25(15-30(32)33)23-6-4-5-7-24(23)34-16-20-9-11-21(27)12-10-20/h4-14,25H,15-16H2,1-3H3/t25-/m0/s1. The summed E-state index contributed by atoms with van der Waals surface area (Å²) in [7, 11) is 0. The average molecular weight is 509 g/mol. The van der Waals surface area contributed by atoms with Crippen LogP contribution in [0, 0.1) is 30.9 Å². The molecule has 0 unspecified atom stereocenters. The maximum atomic E-state index is 11.6. The number of rotatable bonds is 9. The van der Waals surface area contributed by atoms with Crippen LogP contribution in [0.4, 0.5) is 0 Å². The number of aryl methyl sites for hydroxylation is 3. The second-order valence-electron chi connectivity index (χ2n) is 8.21. The van der Waals surface area contributed by atoms with E-state index in [0.29, 0.717) is 28.4 Å². The van der Waals surface area contributed by atoms with E-state index in [1.807, 2.05) is 60.0 Å². The van der Waals surface area contributed by atoms with Gasteiger partial charge < -0.3 is 4.74 Å². The predicted octanol–water partition coefficient (Wildman–Crippen LogP) is 6.54. The van der Waals surface area contributed by atoms with Crippen molar-refractivity contribution in [1.82, 2.24) is 14.8 Å². The van der Waals surface area contributed by atoms with E-state index in [1.165, 1.54) is 17.3 Å². The summed E-state index contributed by atoms with van der Waals surface area (Å²) < 4.78 is 8.02. The van der Waals surface area contributed by atoms with E-state index in [0.717, 1.165) is 22.4 Å². The van der Waals surface area contributed by atoms with Crippen LogP contribution < -0.4 is 4.74 Å². The largest absolute Gasteiger partial charge is 0.489 e. The van der Waals surface area contributed by atoms with Crippen molar-refractivity contribution in [3.05, 3.63) is 110 Å². The van der Waals surface area contributed by atoms with E-state index in [-0.39, 0.29) is 11.5 Å². The summed E-state index contributed by atoms with van der Waals surface area (Å²) in [6, 6.07) is 20.9. The lowest BCUT2D eigenvalue weighted by atomic mass is 10.1. The zero-order valence-corrected chi connectivity index (χ0v) is 21.2. The van der Waals surface area contributed by atoms with Crippen molar-refractivity contribution in [3.63, 3.8) is 0 Å². The van der Waals surface area contributed by atoms with Gasteiger partial charge in [0.25, 0.3) is 0 Å². The Morgan fingerprint density at radius 2 is 1.77 bits per heavy atom. The van der Waals surface area contributed by atoms with Gasteiger partial charge in [-0.15, -0.1) is 10.2 Å². The fraction of sp³-hybridized carbons (Fsp3) is 0.231. The van der Waals surface area contributed by atoms with Gasteiger partial charge in [0.15, 0.2) is 5.16 Å². The van der Waals surface area contributed by atoms with Crippen molar-refractivity contribution in [2.45, 2.75) is 37.8 Å². The van der Waals surface area contributed by atoms with Crippen molar-refractivity contribution in [1.29, 1.82) is 0 Å². The maximum absolute atomic E-state index is 11.6. The molecule has 4 rings (SSSR count). The van der Waals surface area contributed by atoms with Crippen LogP contribution >= 0.6 is 23.4 Å². The zero-order chi connectivity index (χ0) is 24.9. The second kappa shape index (κ2) is 10.9. The van der Waals surface area contributed by atoms with E-state index in [4.69, 9.17) is 16.3 Å². The number of halogens is 1. The van der Waals surface area contributed by atoms with E-state index in [2.05, 4.69) is 30.1 Å². The molecule has 3 aromatic carbocycles. The first kappa shape index (κ1) is 24.8. The van der Waals surface area contributed by atoms with Gasteiger partial charge in [-0.25, -0.2) is 0 Å². The van der Waals surface area contributed by atoms with Crippen LogP contribution in [0.3, 0.4) is 0 Å². The van der Waals surface area contributed by atoms with Crippen molar-refractivity contribution >= 4 is 23.4 Å². The molecule has 9 heteroatoms. The van der Waals surface area contributed by atoms with Crippen LogP contribution in [0.1, 0.15) is 33.3 Å². The highest BCUT2D eigenvalue weighted by molar-refractivity contribution is 7.99. The van der Waals surface area contributed by atoms with Crippen LogP contribution in [0.5, 0.6) is 5.75 Å². The highest BCUT2D eigenvalue weighted by Crippen LogP contribution is 2.40. The third-order valence-corrected chi connectivity index (χ3v) is 7.09. The molecular formula is C26H25ClN4O3S. The number of hydrogen-bond donors (Lipinski definition) is 0. The molecule has 0 aliphatic rings. The van der Waals surface area contributed by atoms with E-state index in [1.54, 1.807) is 12.1 Å². The van der Waals surface area contributed by atoms with E-state index < -0.39 is 5.25 Å². The Kier molecular flexibility index (Phi) is 7.73. The Morgan fingerprint density at radius 1 is 1.03 bits per heavy atom. The second-order valence-corrected chi connectivity index (χ2v) is 9.81. The first-order valence-corrected chi connectivity index (χ1v) is 12.3. The smallest absolute Gasteiger partial charge is 0.220 e. The third-order valence-electron chi connectivity index (χ3n) is 5.68. The molecule has 0 spiro atoms. The van der Waals surface area contributed by atoms with E-state index in [9.17, 15) is 10.1 Å². The monoisotopic (exact) mass is 508 g/mol. The van der Waals surface area contributed by atoms with Crippen molar-refractivity contribution < 1.29 is 9.66 Å². The molecule has 1 aromatic heterocycles. The lowest BCUT2D eigenvalue weighted by Crippen LogP contribution is -2.12. The molecule has 0 radical (unpaired) electrons. The molecule has 1 heterocycles. The lowest BCUT2D eigenvalue weighted by Gasteiger charge is -2.18. The molecule has 35 heavy (non-hydrogen) atoms. The fourth-order valence-corrected chi connectivity index (χ4v) is 4.99. The minimum Gasteiger partial charge on any atom is -0.489 e. The van der Waals surface area contributed by atoms with Gasteiger partial charge in [-0.05, 0) is 67.8 Å². The molecule has 7 nitrogen and oxygen atoms in total. The summed E-state index contributed by atoms with van der Waals surface area (Å²) >= 11 is 7.29. The summed E-state index contributed by atoms with van der Waals surface area (Å²) in [6.45, 7) is 6.02. The summed E-state index contributed by atoms with van der Waals surface area (Å²) in [5, 5.41) is 21.0.